The molecule has 0 saturated heterocycles. The molecular formula is C23H23ClN2O6S. The summed E-state index contributed by atoms with van der Waals surface area (Å²) in [7, 11) is 0.450. The first kappa shape index (κ1) is 24.2. The molecule has 0 atom stereocenters. The third-order valence-corrected chi connectivity index (χ3v) is 6.33. The van der Waals surface area contributed by atoms with E-state index in [9.17, 15) is 13.2 Å². The molecule has 0 bridgehead atoms. The smallest absolute Gasteiger partial charge is 0.262 e. The predicted molar refractivity (Wildman–Crippen MR) is 126 cm³/mol. The zero-order valence-electron chi connectivity index (χ0n) is 18.2. The lowest BCUT2D eigenvalue weighted by Gasteiger charge is -2.14. The lowest BCUT2D eigenvalue weighted by Crippen LogP contribution is -2.23. The Kier molecular flexibility index (Phi) is 7.67. The minimum absolute atomic E-state index is 0.0869. The van der Waals surface area contributed by atoms with Gasteiger partial charge in [0.25, 0.3) is 15.9 Å². The van der Waals surface area contributed by atoms with E-state index < -0.39 is 15.9 Å². The first-order chi connectivity index (χ1) is 15.8. The maximum absolute atomic E-state index is 12.9. The van der Waals surface area contributed by atoms with E-state index in [2.05, 4.69) is 10.0 Å². The van der Waals surface area contributed by atoms with Crippen LogP contribution in [0.25, 0.3) is 0 Å². The number of sulfonamides is 1. The summed E-state index contributed by atoms with van der Waals surface area (Å²) in [4.78, 5) is 12.6. The molecule has 0 unspecified atom stereocenters. The molecule has 0 aliphatic rings. The molecule has 8 nitrogen and oxygen atoms in total. The summed E-state index contributed by atoms with van der Waals surface area (Å²) in [6.45, 7) is 0.161. The van der Waals surface area contributed by atoms with Gasteiger partial charge < -0.3 is 19.5 Å². The molecule has 0 heterocycles. The van der Waals surface area contributed by atoms with Crippen molar-refractivity contribution in [1.82, 2.24) is 5.32 Å². The van der Waals surface area contributed by atoms with Crippen LogP contribution < -0.4 is 24.2 Å². The Morgan fingerprint density at radius 3 is 2.33 bits per heavy atom. The van der Waals surface area contributed by atoms with Crippen molar-refractivity contribution in [3.63, 3.8) is 0 Å². The highest BCUT2D eigenvalue weighted by molar-refractivity contribution is 7.92. The number of amides is 1. The van der Waals surface area contributed by atoms with Crippen LogP contribution in [0.15, 0.2) is 65.6 Å². The minimum Gasteiger partial charge on any atom is -0.495 e. The van der Waals surface area contributed by atoms with Crippen molar-refractivity contribution in [3.05, 3.63) is 76.8 Å². The lowest BCUT2D eigenvalue weighted by molar-refractivity contribution is 0.0950. The van der Waals surface area contributed by atoms with Crippen molar-refractivity contribution in [2.24, 2.45) is 0 Å². The van der Waals surface area contributed by atoms with E-state index in [0.717, 1.165) is 0 Å². The van der Waals surface area contributed by atoms with Gasteiger partial charge >= 0.3 is 0 Å². The van der Waals surface area contributed by atoms with Crippen molar-refractivity contribution in [2.75, 3.05) is 26.1 Å². The summed E-state index contributed by atoms with van der Waals surface area (Å²) in [6.07, 6.45) is 0. The molecule has 0 saturated carbocycles. The third-order valence-electron chi connectivity index (χ3n) is 4.74. The molecule has 3 aromatic rings. The van der Waals surface area contributed by atoms with Gasteiger partial charge in [0.1, 0.15) is 5.75 Å². The number of rotatable bonds is 9. The van der Waals surface area contributed by atoms with Gasteiger partial charge in [-0.25, -0.2) is 8.42 Å². The highest BCUT2D eigenvalue weighted by Crippen LogP contribution is 2.31. The van der Waals surface area contributed by atoms with Gasteiger partial charge in [-0.3, -0.25) is 9.52 Å². The molecule has 3 rings (SSSR count). The molecule has 3 aromatic carbocycles. The number of anilines is 1. The van der Waals surface area contributed by atoms with E-state index in [0.29, 0.717) is 27.8 Å². The Morgan fingerprint density at radius 2 is 1.64 bits per heavy atom. The molecule has 0 fully saturated rings. The molecule has 1 amide bonds. The first-order valence-corrected chi connectivity index (χ1v) is 11.6. The Labute approximate surface area is 197 Å². The highest BCUT2D eigenvalue weighted by Gasteiger charge is 2.19. The molecule has 0 aromatic heterocycles. The van der Waals surface area contributed by atoms with E-state index in [1.165, 1.54) is 51.7 Å². The summed E-state index contributed by atoms with van der Waals surface area (Å²) in [6, 6.07) is 15.6. The fourth-order valence-corrected chi connectivity index (χ4v) is 4.42. The minimum atomic E-state index is -4.01. The van der Waals surface area contributed by atoms with Gasteiger partial charge in [0.05, 0.1) is 31.9 Å². The topological polar surface area (TPSA) is 103 Å². The predicted octanol–water partition coefficient (Wildman–Crippen LogP) is 4.10. The number of para-hydroxylation sites is 1. The second-order valence-corrected chi connectivity index (χ2v) is 8.93. The Bertz CT molecular complexity index is 1260. The number of hydrogen-bond acceptors (Lipinski definition) is 6. The molecular weight excluding hydrogens is 468 g/mol. The molecule has 33 heavy (non-hydrogen) atoms. The van der Waals surface area contributed by atoms with E-state index in [1.54, 1.807) is 30.3 Å². The number of benzene rings is 3. The summed E-state index contributed by atoms with van der Waals surface area (Å²) >= 11 is 5.98. The fraction of sp³-hybridized carbons (Fsp3) is 0.174. The SMILES string of the molecule is COc1ccc(Cl)cc1NS(=O)(=O)c1cccc(C(=O)NCc2cccc(OC)c2OC)c1. The standard InChI is InChI=1S/C23H23ClN2O6S/c1-30-20-11-10-17(24)13-19(20)26-33(28,29)18-8-4-6-15(12-18)23(27)25-14-16-7-5-9-21(31-2)22(16)32-3/h4-13,26H,14H2,1-3H3,(H,25,27). The second kappa shape index (κ2) is 10.5. The number of ether oxygens (including phenoxy) is 3. The average molecular weight is 491 g/mol. The molecule has 0 aliphatic heterocycles. The van der Waals surface area contributed by atoms with Crippen LogP contribution in [0.1, 0.15) is 15.9 Å². The van der Waals surface area contributed by atoms with Crippen LogP contribution >= 0.6 is 11.6 Å². The average Bonchev–Trinajstić information content (AvgIpc) is 2.82. The molecule has 10 heteroatoms. The van der Waals surface area contributed by atoms with Gasteiger partial charge in [0.2, 0.25) is 0 Å². The summed E-state index contributed by atoms with van der Waals surface area (Å²) < 4.78 is 44.1. The number of halogens is 1. The number of hydrogen-bond donors (Lipinski definition) is 2. The van der Waals surface area contributed by atoms with E-state index >= 15 is 0 Å². The molecule has 0 spiro atoms. The molecule has 174 valence electrons. The van der Waals surface area contributed by atoms with Crippen molar-refractivity contribution < 1.29 is 27.4 Å². The van der Waals surface area contributed by atoms with Crippen LogP contribution in [0.2, 0.25) is 5.02 Å². The van der Waals surface area contributed by atoms with Crippen LogP contribution in [-0.4, -0.2) is 35.7 Å². The van der Waals surface area contributed by atoms with Crippen LogP contribution in [-0.2, 0) is 16.6 Å². The Morgan fingerprint density at radius 1 is 0.909 bits per heavy atom. The normalized spacial score (nSPS) is 10.9. The monoisotopic (exact) mass is 490 g/mol. The summed E-state index contributed by atoms with van der Waals surface area (Å²) in [5, 5.41) is 3.11. The fourth-order valence-electron chi connectivity index (χ4n) is 3.14. The number of carbonyl (C=O) groups is 1. The third kappa shape index (κ3) is 5.68. The van der Waals surface area contributed by atoms with Crippen molar-refractivity contribution in [1.29, 1.82) is 0 Å². The Hall–Kier alpha value is -3.43. The maximum Gasteiger partial charge on any atom is 0.262 e. The molecule has 2 N–H and O–H groups in total. The van der Waals surface area contributed by atoms with E-state index in [-0.39, 0.29) is 22.7 Å². The van der Waals surface area contributed by atoms with Crippen LogP contribution in [0.3, 0.4) is 0 Å². The highest BCUT2D eigenvalue weighted by atomic mass is 35.5. The number of carbonyl (C=O) groups excluding carboxylic acids is 1. The van der Waals surface area contributed by atoms with E-state index in [4.69, 9.17) is 25.8 Å². The number of methoxy groups -OCH3 is 3. The van der Waals surface area contributed by atoms with Gasteiger partial charge in [-0.2, -0.15) is 0 Å². The van der Waals surface area contributed by atoms with Crippen molar-refractivity contribution in [2.45, 2.75) is 11.4 Å². The maximum atomic E-state index is 12.9. The van der Waals surface area contributed by atoms with Crippen LogP contribution in [0.5, 0.6) is 17.2 Å². The summed E-state index contributed by atoms with van der Waals surface area (Å²) in [5.41, 5.74) is 1.08. The quantitative estimate of drug-likeness (QED) is 0.468. The van der Waals surface area contributed by atoms with Gasteiger partial charge in [0, 0.05) is 22.7 Å². The van der Waals surface area contributed by atoms with Crippen molar-refractivity contribution in [3.8, 4) is 17.2 Å². The van der Waals surface area contributed by atoms with Gasteiger partial charge in [-0.1, -0.05) is 29.8 Å². The molecule has 0 aliphatic carbocycles. The largest absolute Gasteiger partial charge is 0.495 e. The van der Waals surface area contributed by atoms with E-state index in [1.807, 2.05) is 0 Å². The van der Waals surface area contributed by atoms with Crippen LogP contribution in [0.4, 0.5) is 5.69 Å². The summed E-state index contributed by atoms with van der Waals surface area (Å²) in [5.74, 6) is 0.914. The second-order valence-electron chi connectivity index (χ2n) is 6.81. The van der Waals surface area contributed by atoms with Crippen molar-refractivity contribution >= 4 is 33.2 Å². The Balaban J connectivity index is 1.79. The zero-order chi connectivity index (χ0) is 24.0. The van der Waals surface area contributed by atoms with Gasteiger partial charge in [0.15, 0.2) is 11.5 Å². The van der Waals surface area contributed by atoms with Gasteiger partial charge in [-0.05, 0) is 42.5 Å². The zero-order valence-corrected chi connectivity index (χ0v) is 19.8. The number of nitrogens with one attached hydrogen (secondary N) is 2. The van der Waals surface area contributed by atoms with Gasteiger partial charge in [-0.15, -0.1) is 0 Å². The molecule has 0 radical (unpaired) electrons. The first-order valence-electron chi connectivity index (χ1n) is 9.73. The van der Waals surface area contributed by atoms with Crippen LogP contribution in [0, 0.1) is 0 Å². The lowest BCUT2D eigenvalue weighted by atomic mass is 10.1.